The van der Waals surface area contributed by atoms with Crippen molar-refractivity contribution in [3.8, 4) is 0 Å². The van der Waals surface area contributed by atoms with Gasteiger partial charge in [-0.05, 0) is 37.2 Å². The maximum absolute atomic E-state index is 13.5. The Labute approximate surface area is 168 Å². The first kappa shape index (κ1) is 23.6. The highest BCUT2D eigenvalue weighted by atomic mass is 19.4. The van der Waals surface area contributed by atoms with Gasteiger partial charge in [0.1, 0.15) is 0 Å². The number of carboxylic acid groups (broad SMARTS) is 1. The van der Waals surface area contributed by atoms with Crippen LogP contribution in [-0.2, 0) is 16.1 Å². The molecule has 1 saturated carbocycles. The van der Waals surface area contributed by atoms with Crippen molar-refractivity contribution in [2.75, 3.05) is 0 Å². The monoisotopic (exact) mass is 420 g/mol. The Morgan fingerprint density at radius 2 is 1.55 bits per heavy atom. The zero-order valence-corrected chi connectivity index (χ0v) is 16.7. The van der Waals surface area contributed by atoms with Gasteiger partial charge in [-0.15, -0.1) is 0 Å². The van der Waals surface area contributed by atoms with E-state index < -0.39 is 29.0 Å². The van der Waals surface area contributed by atoms with Crippen LogP contribution in [0.25, 0.3) is 0 Å². The summed E-state index contributed by atoms with van der Waals surface area (Å²) in [7, 11) is 0. The molecule has 1 N–H and O–H groups in total. The largest absolute Gasteiger partial charge is 0.481 e. The first-order chi connectivity index (χ1) is 13.5. The fourth-order valence-corrected chi connectivity index (χ4v) is 4.28. The highest BCUT2D eigenvalue weighted by Gasteiger charge is 2.58. The highest BCUT2D eigenvalue weighted by molar-refractivity contribution is 5.81. The van der Waals surface area contributed by atoms with Gasteiger partial charge < -0.3 is 5.11 Å². The number of benzene rings is 1. The molecule has 164 valence electrons. The number of rotatable bonds is 9. The van der Waals surface area contributed by atoms with E-state index in [4.69, 9.17) is 0 Å². The summed E-state index contributed by atoms with van der Waals surface area (Å²) in [6.07, 6.45) is 3.44. The van der Waals surface area contributed by atoms with Crippen LogP contribution in [-0.4, -0.2) is 17.3 Å². The van der Waals surface area contributed by atoms with Gasteiger partial charge in [0, 0.05) is 5.56 Å². The predicted octanol–water partition coefficient (Wildman–Crippen LogP) is 7.21. The Bertz CT molecular complexity index is 659. The van der Waals surface area contributed by atoms with Crippen molar-refractivity contribution >= 4 is 5.97 Å². The van der Waals surface area contributed by atoms with Crippen LogP contribution >= 0.6 is 0 Å². The van der Waals surface area contributed by atoms with Gasteiger partial charge in [-0.2, -0.15) is 22.0 Å². The first-order valence-corrected chi connectivity index (χ1v) is 10.3. The molecule has 2 rings (SSSR count). The summed E-state index contributed by atoms with van der Waals surface area (Å²) >= 11 is 0. The normalized spacial score (nSPS) is 23.2. The quantitative estimate of drug-likeness (QED) is 0.338. The molecule has 0 heterocycles. The fraction of sp³-hybridized carbons (Fsp3) is 0.682. The molecule has 1 aromatic rings. The Morgan fingerprint density at radius 3 is 2.03 bits per heavy atom. The molecule has 0 aromatic heterocycles. The second-order valence-electron chi connectivity index (χ2n) is 8.18. The Morgan fingerprint density at radius 1 is 1.00 bits per heavy atom. The lowest BCUT2D eigenvalue weighted by Crippen LogP contribution is -2.40. The summed E-state index contributed by atoms with van der Waals surface area (Å²) in [5.41, 5.74) is -2.09. The molecule has 29 heavy (non-hydrogen) atoms. The summed E-state index contributed by atoms with van der Waals surface area (Å²) in [5, 5.41) is 9.83. The SMILES string of the molecule is CCCCCCCC1CCC(C(=O)O)(c2ccc(C(F)(F)C(F)(F)F)cc2)CC1. The van der Waals surface area contributed by atoms with Crippen molar-refractivity contribution in [3.05, 3.63) is 35.4 Å². The minimum Gasteiger partial charge on any atom is -0.481 e. The fourth-order valence-electron chi connectivity index (χ4n) is 4.28. The number of unbranched alkanes of at least 4 members (excludes halogenated alkanes) is 4. The topological polar surface area (TPSA) is 37.3 Å². The number of carbonyl (C=O) groups is 1. The van der Waals surface area contributed by atoms with Crippen LogP contribution in [0.15, 0.2) is 24.3 Å². The van der Waals surface area contributed by atoms with Crippen molar-refractivity contribution in [1.82, 2.24) is 0 Å². The van der Waals surface area contributed by atoms with E-state index in [-0.39, 0.29) is 0 Å². The van der Waals surface area contributed by atoms with Gasteiger partial charge in [0.15, 0.2) is 0 Å². The summed E-state index contributed by atoms with van der Waals surface area (Å²) in [4.78, 5) is 12.0. The molecular formula is C22H29F5O2. The highest BCUT2D eigenvalue weighted by Crippen LogP contribution is 2.46. The van der Waals surface area contributed by atoms with Crippen molar-refractivity contribution in [1.29, 1.82) is 0 Å². The van der Waals surface area contributed by atoms with E-state index in [2.05, 4.69) is 6.92 Å². The molecule has 7 heteroatoms. The van der Waals surface area contributed by atoms with E-state index in [0.29, 0.717) is 36.5 Å². The van der Waals surface area contributed by atoms with Gasteiger partial charge in [-0.1, -0.05) is 69.7 Å². The van der Waals surface area contributed by atoms with E-state index in [1.807, 2.05) is 0 Å². The third kappa shape index (κ3) is 5.28. The third-order valence-corrected chi connectivity index (χ3v) is 6.24. The first-order valence-electron chi connectivity index (χ1n) is 10.3. The summed E-state index contributed by atoms with van der Waals surface area (Å²) in [6.45, 7) is 2.16. The molecule has 1 fully saturated rings. The number of hydrogen-bond acceptors (Lipinski definition) is 1. The average Bonchev–Trinajstić information content (AvgIpc) is 2.67. The smallest absolute Gasteiger partial charge is 0.458 e. The van der Waals surface area contributed by atoms with Crippen LogP contribution in [0.2, 0.25) is 0 Å². The molecular weight excluding hydrogens is 391 g/mol. The Kier molecular flexibility index (Phi) is 7.68. The Balaban J connectivity index is 2.06. The predicted molar refractivity (Wildman–Crippen MR) is 101 cm³/mol. The maximum atomic E-state index is 13.5. The summed E-state index contributed by atoms with van der Waals surface area (Å²) in [6, 6.07) is 3.64. The van der Waals surface area contributed by atoms with E-state index in [9.17, 15) is 31.9 Å². The molecule has 0 unspecified atom stereocenters. The molecule has 0 aliphatic heterocycles. The minimum absolute atomic E-state index is 0.299. The van der Waals surface area contributed by atoms with E-state index in [1.54, 1.807) is 0 Å². The summed E-state index contributed by atoms with van der Waals surface area (Å²) < 4.78 is 64.6. The Hall–Kier alpha value is -1.66. The van der Waals surface area contributed by atoms with Crippen LogP contribution in [0.1, 0.15) is 82.3 Å². The molecule has 0 amide bonds. The summed E-state index contributed by atoms with van der Waals surface area (Å²) in [5.74, 6) is -5.57. The number of hydrogen-bond donors (Lipinski definition) is 1. The van der Waals surface area contributed by atoms with Gasteiger partial charge in [0.25, 0.3) is 0 Å². The average molecular weight is 420 g/mol. The van der Waals surface area contributed by atoms with E-state index in [1.165, 1.54) is 25.7 Å². The van der Waals surface area contributed by atoms with Crippen molar-refractivity contribution in [3.63, 3.8) is 0 Å². The van der Waals surface area contributed by atoms with Gasteiger partial charge in [-0.25, -0.2) is 0 Å². The van der Waals surface area contributed by atoms with Crippen LogP contribution in [0.5, 0.6) is 0 Å². The van der Waals surface area contributed by atoms with Crippen LogP contribution in [0.3, 0.4) is 0 Å². The number of halogens is 5. The molecule has 0 spiro atoms. The number of alkyl halides is 5. The molecule has 0 radical (unpaired) electrons. The zero-order valence-electron chi connectivity index (χ0n) is 16.7. The lowest BCUT2D eigenvalue weighted by Gasteiger charge is -2.37. The molecule has 1 aliphatic carbocycles. The molecule has 0 bridgehead atoms. The van der Waals surface area contributed by atoms with Crippen molar-refractivity contribution < 1.29 is 31.9 Å². The third-order valence-electron chi connectivity index (χ3n) is 6.24. The number of aliphatic carboxylic acids is 1. The van der Waals surface area contributed by atoms with E-state index in [0.717, 1.165) is 37.8 Å². The van der Waals surface area contributed by atoms with Crippen molar-refractivity contribution in [2.24, 2.45) is 5.92 Å². The molecule has 0 atom stereocenters. The van der Waals surface area contributed by atoms with Gasteiger partial charge in [-0.3, -0.25) is 4.79 Å². The van der Waals surface area contributed by atoms with Crippen LogP contribution < -0.4 is 0 Å². The lowest BCUT2D eigenvalue weighted by atomic mass is 9.66. The van der Waals surface area contributed by atoms with Gasteiger partial charge in [0.2, 0.25) is 0 Å². The van der Waals surface area contributed by atoms with Crippen LogP contribution in [0.4, 0.5) is 22.0 Å². The maximum Gasteiger partial charge on any atom is 0.458 e. The zero-order chi connectivity index (χ0) is 21.7. The number of carboxylic acids is 1. The standard InChI is InChI=1S/C22H29F5O2/c1-2-3-4-5-6-7-16-12-14-20(15-13-16,19(28)29)17-8-10-18(11-9-17)21(23,24)22(25,26)27/h8-11,16H,2-7,12-15H2,1H3,(H,28,29). The molecule has 1 aliphatic rings. The second-order valence-corrected chi connectivity index (χ2v) is 8.18. The second kappa shape index (κ2) is 9.43. The molecule has 1 aromatic carbocycles. The lowest BCUT2D eigenvalue weighted by molar-refractivity contribution is -0.289. The van der Waals surface area contributed by atoms with Gasteiger partial charge >= 0.3 is 18.1 Å². The van der Waals surface area contributed by atoms with Crippen LogP contribution in [0, 0.1) is 5.92 Å². The van der Waals surface area contributed by atoms with Gasteiger partial charge in [0.05, 0.1) is 5.41 Å². The van der Waals surface area contributed by atoms with Crippen molar-refractivity contribution in [2.45, 2.75) is 88.6 Å². The molecule has 2 nitrogen and oxygen atoms in total. The molecule has 0 saturated heterocycles. The minimum atomic E-state index is -5.69. The van der Waals surface area contributed by atoms with E-state index >= 15 is 0 Å².